The lowest BCUT2D eigenvalue weighted by Crippen LogP contribution is -2.35. The Morgan fingerprint density at radius 1 is 1.50 bits per heavy atom. The molecule has 0 amide bonds. The number of hydrogen-bond donors (Lipinski definition) is 0. The Hall–Kier alpha value is -0.790. The van der Waals surface area contributed by atoms with Crippen LogP contribution in [-0.4, -0.2) is 23.3 Å². The minimum atomic E-state index is 0.795. The highest BCUT2D eigenvalue weighted by molar-refractivity contribution is 5.89. The zero-order valence-electron chi connectivity index (χ0n) is 7.45. The van der Waals surface area contributed by atoms with Crippen molar-refractivity contribution in [3.05, 3.63) is 11.8 Å². The van der Waals surface area contributed by atoms with Crippen LogP contribution in [0.1, 0.15) is 26.2 Å². The van der Waals surface area contributed by atoms with Crippen molar-refractivity contribution in [3.63, 3.8) is 0 Å². The molecular weight excluding hydrogens is 148 g/mol. The summed E-state index contributed by atoms with van der Waals surface area (Å²) >= 11 is 0. The fraction of sp³-hybridized carbons (Fsp3) is 0.700. The lowest BCUT2D eigenvalue weighted by molar-refractivity contribution is 0.413. The van der Waals surface area contributed by atoms with E-state index in [9.17, 15) is 0 Å². The van der Waals surface area contributed by atoms with Gasteiger partial charge in [0.15, 0.2) is 0 Å². The van der Waals surface area contributed by atoms with Crippen molar-refractivity contribution in [1.29, 1.82) is 0 Å². The Morgan fingerprint density at radius 3 is 3.33 bits per heavy atom. The summed E-state index contributed by atoms with van der Waals surface area (Å²) < 4.78 is 0. The van der Waals surface area contributed by atoms with E-state index in [0.717, 1.165) is 18.5 Å². The quantitative estimate of drug-likeness (QED) is 0.530. The predicted molar refractivity (Wildman–Crippen MR) is 49.0 cm³/mol. The van der Waals surface area contributed by atoms with Crippen molar-refractivity contribution in [1.82, 2.24) is 4.90 Å². The van der Waals surface area contributed by atoms with E-state index in [1.54, 1.807) is 0 Å². The number of nitrogens with zero attached hydrogens (tertiary/aromatic N) is 2. The Bertz CT molecular complexity index is 278. The predicted octanol–water partition coefficient (Wildman–Crippen LogP) is 1.79. The molecule has 2 bridgehead atoms. The molecule has 1 saturated carbocycles. The third-order valence-corrected chi connectivity index (χ3v) is 3.28. The van der Waals surface area contributed by atoms with Gasteiger partial charge >= 0.3 is 0 Å². The number of aliphatic imine (C=N–C) groups is 1. The van der Waals surface area contributed by atoms with Crippen LogP contribution in [0.5, 0.6) is 0 Å². The zero-order valence-corrected chi connectivity index (χ0v) is 7.45. The van der Waals surface area contributed by atoms with Crippen molar-refractivity contribution in [2.75, 3.05) is 6.54 Å². The molecule has 2 fully saturated rings. The van der Waals surface area contributed by atoms with Gasteiger partial charge in [0.2, 0.25) is 0 Å². The van der Waals surface area contributed by atoms with Crippen LogP contribution in [0, 0.1) is 5.92 Å². The van der Waals surface area contributed by atoms with Gasteiger partial charge in [-0.1, -0.05) is 0 Å². The van der Waals surface area contributed by atoms with E-state index >= 15 is 0 Å². The van der Waals surface area contributed by atoms with Crippen molar-refractivity contribution in [2.24, 2.45) is 10.9 Å². The second-order valence-corrected chi connectivity index (χ2v) is 4.22. The first-order valence-corrected chi connectivity index (χ1v) is 4.84. The van der Waals surface area contributed by atoms with Crippen LogP contribution < -0.4 is 0 Å². The van der Waals surface area contributed by atoms with Crippen LogP contribution in [-0.2, 0) is 0 Å². The van der Waals surface area contributed by atoms with Crippen LogP contribution in [0.25, 0.3) is 0 Å². The molecule has 0 unspecified atom stereocenters. The molecule has 2 atom stereocenters. The topological polar surface area (TPSA) is 15.6 Å². The second kappa shape index (κ2) is 2.12. The molecule has 2 heterocycles. The van der Waals surface area contributed by atoms with Gasteiger partial charge in [0.25, 0.3) is 0 Å². The maximum Gasteiger partial charge on any atom is 0.107 e. The van der Waals surface area contributed by atoms with Gasteiger partial charge in [-0.25, -0.2) is 0 Å². The van der Waals surface area contributed by atoms with Crippen LogP contribution in [0.15, 0.2) is 16.8 Å². The molecule has 0 aromatic carbocycles. The maximum absolute atomic E-state index is 4.63. The summed E-state index contributed by atoms with van der Waals surface area (Å²) in [6.45, 7) is 3.11. The normalized spacial score (nSPS) is 37.9. The number of hydrogen-bond acceptors (Lipinski definition) is 2. The molecule has 1 saturated heterocycles. The standard InChI is InChI=1S/C10H14N2/c1-7-5-11-10-8-2-3-9(4-8)12(10)6-7/h6,8-9H,2-5H2,1H3/t8-,9+/m1/s1. The van der Waals surface area contributed by atoms with Crippen LogP contribution in [0.4, 0.5) is 0 Å². The van der Waals surface area contributed by atoms with E-state index in [0.29, 0.717) is 0 Å². The minimum Gasteiger partial charge on any atom is -0.333 e. The van der Waals surface area contributed by atoms with Crippen molar-refractivity contribution in [3.8, 4) is 0 Å². The number of fused-ring (bicyclic) bond motifs is 5. The summed E-state index contributed by atoms with van der Waals surface area (Å²) in [4.78, 5) is 7.05. The highest BCUT2D eigenvalue weighted by Crippen LogP contribution is 2.40. The summed E-state index contributed by atoms with van der Waals surface area (Å²) in [5.41, 5.74) is 1.41. The molecule has 1 aliphatic carbocycles. The van der Waals surface area contributed by atoms with Crippen LogP contribution in [0.2, 0.25) is 0 Å². The number of amidine groups is 1. The minimum absolute atomic E-state index is 0.795. The SMILES string of the molecule is CC1=CN2C(=NC1)[C@@H]1CC[C@H]2C1. The molecule has 3 aliphatic rings. The average Bonchev–Trinajstić information content (AvgIpc) is 2.63. The summed E-state index contributed by atoms with van der Waals surface area (Å²) in [5, 5.41) is 0. The summed E-state index contributed by atoms with van der Waals surface area (Å²) in [7, 11) is 0. The van der Waals surface area contributed by atoms with Gasteiger partial charge in [-0.2, -0.15) is 0 Å². The molecule has 64 valence electrons. The van der Waals surface area contributed by atoms with Crippen LogP contribution >= 0.6 is 0 Å². The highest BCUT2D eigenvalue weighted by Gasteiger charge is 2.42. The largest absolute Gasteiger partial charge is 0.333 e. The molecule has 2 aliphatic heterocycles. The van der Waals surface area contributed by atoms with Gasteiger partial charge in [0.05, 0.1) is 6.54 Å². The Morgan fingerprint density at radius 2 is 2.42 bits per heavy atom. The smallest absolute Gasteiger partial charge is 0.107 e. The first-order valence-electron chi connectivity index (χ1n) is 4.84. The maximum atomic E-state index is 4.63. The van der Waals surface area contributed by atoms with E-state index in [2.05, 4.69) is 23.0 Å². The molecule has 0 radical (unpaired) electrons. The molecule has 2 nitrogen and oxygen atoms in total. The van der Waals surface area contributed by atoms with Crippen molar-refractivity contribution < 1.29 is 0 Å². The van der Waals surface area contributed by atoms with Gasteiger partial charge in [-0.15, -0.1) is 0 Å². The fourth-order valence-corrected chi connectivity index (χ4v) is 2.71. The number of piperidine rings is 1. The van der Waals surface area contributed by atoms with E-state index in [-0.39, 0.29) is 0 Å². The van der Waals surface area contributed by atoms with Crippen molar-refractivity contribution in [2.45, 2.75) is 32.2 Å². The van der Waals surface area contributed by atoms with Gasteiger partial charge in [-0.05, 0) is 31.8 Å². The van der Waals surface area contributed by atoms with Crippen molar-refractivity contribution >= 4 is 5.84 Å². The molecule has 0 aromatic rings. The second-order valence-electron chi connectivity index (χ2n) is 4.22. The van der Waals surface area contributed by atoms with E-state index < -0.39 is 0 Å². The Balaban J connectivity index is 1.99. The lowest BCUT2D eigenvalue weighted by Gasteiger charge is -2.30. The molecule has 2 heteroatoms. The Labute approximate surface area is 73.0 Å². The molecule has 0 N–H and O–H groups in total. The Kier molecular flexibility index (Phi) is 1.18. The highest BCUT2D eigenvalue weighted by atomic mass is 15.3. The molecule has 12 heavy (non-hydrogen) atoms. The third-order valence-electron chi connectivity index (χ3n) is 3.28. The summed E-state index contributed by atoms with van der Waals surface area (Å²) in [5.74, 6) is 2.19. The zero-order chi connectivity index (χ0) is 8.13. The van der Waals surface area contributed by atoms with Crippen LogP contribution in [0.3, 0.4) is 0 Å². The van der Waals surface area contributed by atoms with Gasteiger partial charge in [0.1, 0.15) is 5.84 Å². The van der Waals surface area contributed by atoms with Gasteiger partial charge in [-0.3, -0.25) is 4.99 Å². The van der Waals surface area contributed by atoms with E-state index in [1.165, 1.54) is 30.7 Å². The molecule has 0 aromatic heterocycles. The molecule has 0 spiro atoms. The summed E-state index contributed by atoms with van der Waals surface area (Å²) in [6.07, 6.45) is 6.44. The molecular formula is C10H14N2. The van der Waals surface area contributed by atoms with Gasteiger partial charge < -0.3 is 4.90 Å². The monoisotopic (exact) mass is 162 g/mol. The van der Waals surface area contributed by atoms with E-state index in [4.69, 9.17) is 0 Å². The molecule has 3 rings (SSSR count). The lowest BCUT2D eigenvalue weighted by atomic mass is 10.1. The first kappa shape index (κ1) is 6.70. The summed E-state index contributed by atoms with van der Waals surface area (Å²) in [6, 6.07) is 0.795. The third kappa shape index (κ3) is 0.728. The number of rotatable bonds is 0. The van der Waals surface area contributed by atoms with E-state index in [1.807, 2.05) is 0 Å². The first-order chi connectivity index (χ1) is 5.84. The van der Waals surface area contributed by atoms with Gasteiger partial charge in [0, 0.05) is 18.2 Å². The average molecular weight is 162 g/mol. The fourth-order valence-electron chi connectivity index (χ4n) is 2.71.